The Hall–Kier alpha value is 0.450. The molecule has 0 radical (unpaired) electrons. The van der Waals surface area contributed by atoms with Gasteiger partial charge in [-0.2, -0.15) is 25.3 Å². The van der Waals surface area contributed by atoms with Gasteiger partial charge in [0.2, 0.25) is 0 Å². The van der Waals surface area contributed by atoms with Crippen molar-refractivity contribution in [2.45, 2.75) is 56.0 Å². The molecule has 0 bridgehead atoms. The Morgan fingerprint density at radius 1 is 1.22 bits per heavy atom. The lowest BCUT2D eigenvalue weighted by Gasteiger charge is -2.30. The quantitative estimate of drug-likeness (QED) is 0.391. The van der Waals surface area contributed by atoms with Crippen LogP contribution in [0.15, 0.2) is 0 Å². The highest BCUT2D eigenvalue weighted by Gasteiger charge is 2.28. The highest BCUT2D eigenvalue weighted by molar-refractivity contribution is 9.13. The van der Waals surface area contributed by atoms with Crippen molar-refractivity contribution in [3.8, 4) is 0 Å². The Morgan fingerprint density at radius 2 is 1.72 bits per heavy atom. The Labute approximate surface area is 130 Å². The average Bonchev–Trinajstić information content (AvgIpc) is 1.93. The first-order chi connectivity index (χ1) is 7.81. The van der Waals surface area contributed by atoms with E-state index in [0.717, 1.165) is 12.8 Å². The van der Waals surface area contributed by atoms with Crippen molar-refractivity contribution < 1.29 is 9.53 Å². The summed E-state index contributed by atoms with van der Waals surface area (Å²) in [5.41, 5.74) is -0.428. The molecule has 0 saturated carbocycles. The highest BCUT2D eigenvalue weighted by Crippen LogP contribution is 2.41. The van der Waals surface area contributed by atoms with Gasteiger partial charge in [-0.3, -0.25) is 0 Å². The molecule has 0 aromatic rings. The number of nitrogens with one attached hydrogen (secondary N) is 1. The summed E-state index contributed by atoms with van der Waals surface area (Å²) in [6.45, 7) is 10.3. The number of hydrogen-bond acceptors (Lipinski definition) is 4. The van der Waals surface area contributed by atoms with Gasteiger partial charge in [0.05, 0.1) is 0 Å². The summed E-state index contributed by atoms with van der Waals surface area (Å²) in [6, 6.07) is 0. The Kier molecular flexibility index (Phi) is 6.92. The van der Waals surface area contributed by atoms with Crippen LogP contribution in [0, 0.1) is 5.41 Å². The van der Waals surface area contributed by atoms with Crippen LogP contribution in [0.3, 0.4) is 0 Å². The van der Waals surface area contributed by atoms with Crippen molar-refractivity contribution in [3.63, 3.8) is 0 Å². The van der Waals surface area contributed by atoms with Gasteiger partial charge in [-0.25, -0.2) is 4.79 Å². The zero-order chi connectivity index (χ0) is 14.6. The maximum Gasteiger partial charge on any atom is 0.407 e. The average molecular weight is 358 g/mol. The van der Waals surface area contributed by atoms with Crippen LogP contribution in [0.25, 0.3) is 0 Å². The fourth-order valence-corrected chi connectivity index (χ4v) is 3.13. The van der Waals surface area contributed by atoms with Gasteiger partial charge in [0.1, 0.15) is 8.59 Å². The molecule has 0 rings (SSSR count). The summed E-state index contributed by atoms with van der Waals surface area (Å²) in [7, 11) is 0. The van der Waals surface area contributed by atoms with Gasteiger partial charge < -0.3 is 10.1 Å². The number of ether oxygens (including phenoxy) is 1. The topological polar surface area (TPSA) is 38.3 Å². The van der Waals surface area contributed by atoms with Crippen molar-refractivity contribution in [1.29, 1.82) is 0 Å². The minimum Gasteiger partial charge on any atom is -0.444 e. The molecule has 3 nitrogen and oxygen atoms in total. The molecule has 0 saturated heterocycles. The van der Waals surface area contributed by atoms with Crippen LogP contribution >= 0.6 is 41.2 Å². The number of alkyl halides is 1. The molecule has 0 aliphatic carbocycles. The number of halogens is 1. The van der Waals surface area contributed by atoms with Crippen molar-refractivity contribution >= 4 is 47.3 Å². The number of alkyl carbamates (subject to hydrolysis) is 1. The van der Waals surface area contributed by atoms with Crippen molar-refractivity contribution in [2.75, 3.05) is 6.54 Å². The zero-order valence-corrected chi connectivity index (χ0v) is 15.1. The van der Waals surface area contributed by atoms with Crippen LogP contribution in [0.1, 0.15) is 47.5 Å². The summed E-state index contributed by atoms with van der Waals surface area (Å²) < 4.78 is 4.68. The molecule has 0 fully saturated rings. The predicted molar refractivity (Wildman–Crippen MR) is 86.9 cm³/mol. The molecule has 0 aromatic heterocycles. The highest BCUT2D eigenvalue weighted by atomic mass is 79.9. The first kappa shape index (κ1) is 18.4. The van der Waals surface area contributed by atoms with Crippen LogP contribution < -0.4 is 5.32 Å². The summed E-state index contributed by atoms with van der Waals surface area (Å²) in [5, 5.41) is 2.75. The lowest BCUT2D eigenvalue weighted by molar-refractivity contribution is 0.0521. The maximum absolute atomic E-state index is 11.5. The summed E-state index contributed by atoms with van der Waals surface area (Å²) in [5.74, 6) is 0. The summed E-state index contributed by atoms with van der Waals surface area (Å²) in [6.07, 6.45) is 1.24. The van der Waals surface area contributed by atoms with Crippen LogP contribution in [0.4, 0.5) is 4.79 Å². The van der Waals surface area contributed by atoms with E-state index in [1.165, 1.54) is 0 Å². The number of rotatable bonds is 5. The predicted octanol–water partition coefficient (Wildman–Crippen LogP) is 4.23. The Balaban J connectivity index is 4.00. The Bertz CT molecular complexity index is 283. The van der Waals surface area contributed by atoms with E-state index >= 15 is 0 Å². The molecule has 0 aliphatic rings. The van der Waals surface area contributed by atoms with Gasteiger partial charge in [-0.15, -0.1) is 0 Å². The molecule has 108 valence electrons. The molecule has 1 N–H and O–H groups in total. The van der Waals surface area contributed by atoms with Crippen molar-refractivity contribution in [1.82, 2.24) is 5.32 Å². The fourth-order valence-electron chi connectivity index (χ4n) is 1.51. The van der Waals surface area contributed by atoms with E-state index in [9.17, 15) is 4.79 Å². The largest absolute Gasteiger partial charge is 0.444 e. The first-order valence-electron chi connectivity index (χ1n) is 5.91. The molecule has 6 heteroatoms. The Morgan fingerprint density at radius 3 is 2.11 bits per heavy atom. The van der Waals surface area contributed by atoms with Gasteiger partial charge >= 0.3 is 6.09 Å². The van der Waals surface area contributed by atoms with E-state index in [2.05, 4.69) is 60.4 Å². The van der Waals surface area contributed by atoms with Gasteiger partial charge in [0.15, 0.2) is 0 Å². The molecule has 0 spiro atoms. The number of amides is 1. The standard InChI is InChI=1S/C12H24BrNO2S2/c1-10(2,3)16-9(15)14-7-6-11(4,5)8-12(13,17)18/h17-18H,6-8H2,1-5H3,(H,14,15). The molecule has 0 heterocycles. The molecular weight excluding hydrogens is 334 g/mol. The third-order valence-corrected chi connectivity index (χ3v) is 2.77. The minimum atomic E-state index is -0.484. The minimum absolute atomic E-state index is 0.0298. The van der Waals surface area contributed by atoms with Crippen LogP contribution in [-0.2, 0) is 4.74 Å². The van der Waals surface area contributed by atoms with Crippen LogP contribution in [0.2, 0.25) is 0 Å². The molecule has 18 heavy (non-hydrogen) atoms. The fraction of sp³-hybridized carbons (Fsp3) is 0.917. The second kappa shape index (κ2) is 6.75. The maximum atomic E-state index is 11.5. The van der Waals surface area contributed by atoms with E-state index in [1.807, 2.05) is 20.8 Å². The third-order valence-electron chi connectivity index (χ3n) is 2.17. The monoisotopic (exact) mass is 357 g/mol. The molecule has 0 unspecified atom stereocenters. The zero-order valence-electron chi connectivity index (χ0n) is 11.7. The molecular formula is C12H24BrNO2S2. The van der Waals surface area contributed by atoms with Gasteiger partial charge in [-0.05, 0) is 39.0 Å². The van der Waals surface area contributed by atoms with E-state index in [1.54, 1.807) is 0 Å². The van der Waals surface area contributed by atoms with E-state index in [0.29, 0.717) is 6.54 Å². The van der Waals surface area contributed by atoms with Crippen molar-refractivity contribution in [2.24, 2.45) is 5.41 Å². The smallest absolute Gasteiger partial charge is 0.407 e. The van der Waals surface area contributed by atoms with Gasteiger partial charge in [-0.1, -0.05) is 29.8 Å². The number of carbonyl (C=O) groups is 1. The number of thiol groups is 2. The first-order valence-corrected chi connectivity index (χ1v) is 7.60. The second-order valence-corrected chi connectivity index (χ2v) is 10.7. The molecule has 1 amide bonds. The molecule has 0 aromatic carbocycles. The SMILES string of the molecule is CC(C)(CCNC(=O)OC(C)(C)C)CC(S)(S)Br. The van der Waals surface area contributed by atoms with E-state index < -0.39 is 8.59 Å². The second-order valence-electron chi connectivity index (χ2n) is 6.24. The number of carbonyl (C=O) groups excluding carboxylic acids is 1. The lowest BCUT2D eigenvalue weighted by Crippen LogP contribution is -2.34. The van der Waals surface area contributed by atoms with Gasteiger partial charge in [0.25, 0.3) is 0 Å². The third kappa shape index (κ3) is 11.5. The molecule has 0 aliphatic heterocycles. The van der Waals surface area contributed by atoms with E-state index in [4.69, 9.17) is 4.74 Å². The summed E-state index contributed by atoms with van der Waals surface area (Å²) >= 11 is 12.1. The van der Waals surface area contributed by atoms with Crippen molar-refractivity contribution in [3.05, 3.63) is 0 Å². The normalized spacial score (nSPS) is 13.3. The van der Waals surface area contributed by atoms with Gasteiger partial charge in [0, 0.05) is 6.54 Å². The van der Waals surface area contributed by atoms with E-state index in [-0.39, 0.29) is 11.5 Å². The number of hydrogen-bond donors (Lipinski definition) is 3. The van der Waals surface area contributed by atoms with Crippen LogP contribution in [-0.4, -0.2) is 21.2 Å². The van der Waals surface area contributed by atoms with Crippen LogP contribution in [0.5, 0.6) is 0 Å². The molecule has 0 atom stereocenters. The lowest BCUT2D eigenvalue weighted by atomic mass is 9.86. The summed E-state index contributed by atoms with van der Waals surface area (Å²) in [4.78, 5) is 11.5.